The topological polar surface area (TPSA) is 78.3 Å². The molecule has 1 aliphatic rings. The van der Waals surface area contributed by atoms with Crippen LogP contribution in [-0.4, -0.2) is 28.0 Å². The van der Waals surface area contributed by atoms with E-state index in [4.69, 9.17) is 21.1 Å². The number of aromatic nitrogens is 3. The third-order valence-electron chi connectivity index (χ3n) is 4.64. The highest BCUT2D eigenvalue weighted by Crippen LogP contribution is 2.28. The van der Waals surface area contributed by atoms with Crippen molar-refractivity contribution in [1.29, 1.82) is 0 Å². The Hall–Kier alpha value is -2.90. The Bertz CT molecular complexity index is 987. The van der Waals surface area contributed by atoms with Crippen molar-refractivity contribution in [1.82, 2.24) is 20.3 Å². The van der Waals surface area contributed by atoms with E-state index in [2.05, 4.69) is 15.6 Å². The normalized spacial score (nSPS) is 15.7. The molecule has 0 spiro atoms. The van der Waals surface area contributed by atoms with Crippen LogP contribution in [0.1, 0.15) is 33.4 Å². The van der Waals surface area contributed by atoms with E-state index in [1.807, 2.05) is 42.5 Å². The molecule has 0 radical (unpaired) electrons. The van der Waals surface area contributed by atoms with Gasteiger partial charge in [-0.1, -0.05) is 41.1 Å². The molecule has 0 fully saturated rings. The van der Waals surface area contributed by atoms with Crippen LogP contribution >= 0.6 is 11.6 Å². The molecule has 1 N–H and O–H groups in total. The highest BCUT2D eigenvalue weighted by molar-refractivity contribution is 6.30. The quantitative estimate of drug-likeness (QED) is 0.714. The third-order valence-corrected chi connectivity index (χ3v) is 4.88. The molecule has 1 amide bonds. The van der Waals surface area contributed by atoms with E-state index in [9.17, 15) is 4.79 Å². The second-order valence-corrected chi connectivity index (χ2v) is 6.89. The Morgan fingerprint density at radius 1 is 1.32 bits per heavy atom. The highest BCUT2D eigenvalue weighted by atomic mass is 35.5. The lowest BCUT2D eigenvalue weighted by Crippen LogP contribution is -2.27. The molecule has 0 unspecified atom stereocenters. The summed E-state index contributed by atoms with van der Waals surface area (Å²) in [5.41, 5.74) is 2.90. The lowest BCUT2D eigenvalue weighted by Gasteiger charge is -2.24. The van der Waals surface area contributed by atoms with Gasteiger partial charge >= 0.3 is 0 Å². The van der Waals surface area contributed by atoms with E-state index in [-0.39, 0.29) is 24.3 Å². The first-order chi connectivity index (χ1) is 13.6. The number of nitrogens with one attached hydrogen (secondary N) is 1. The molecule has 0 saturated carbocycles. The van der Waals surface area contributed by atoms with Gasteiger partial charge in [-0.3, -0.25) is 4.79 Å². The number of amides is 1. The van der Waals surface area contributed by atoms with Gasteiger partial charge in [-0.15, -0.1) is 5.10 Å². The lowest BCUT2D eigenvalue weighted by molar-refractivity contribution is -0.00179. The largest absolute Gasteiger partial charge is 0.497 e. The van der Waals surface area contributed by atoms with E-state index < -0.39 is 0 Å². The summed E-state index contributed by atoms with van der Waals surface area (Å²) in [6.07, 6.45) is -0.150. The summed E-state index contributed by atoms with van der Waals surface area (Å²) in [5.74, 6) is 0.507. The summed E-state index contributed by atoms with van der Waals surface area (Å²) in [6, 6.07) is 15.1. The van der Waals surface area contributed by atoms with E-state index in [1.54, 1.807) is 17.9 Å². The number of fused-ring (bicyclic) bond motifs is 1. The SMILES string of the molecule is COc1ccc([C@@H]2Cn3nnc(C(=O)NCc4cccc(Cl)c4)c3CO2)cc1. The minimum Gasteiger partial charge on any atom is -0.497 e. The molecule has 0 bridgehead atoms. The van der Waals surface area contributed by atoms with Crippen molar-refractivity contribution in [2.75, 3.05) is 7.11 Å². The molecular formula is C20H19ClN4O3. The number of hydrogen-bond acceptors (Lipinski definition) is 5. The van der Waals surface area contributed by atoms with Crippen molar-refractivity contribution in [2.24, 2.45) is 0 Å². The van der Waals surface area contributed by atoms with Gasteiger partial charge in [0, 0.05) is 11.6 Å². The first kappa shape index (κ1) is 18.5. The van der Waals surface area contributed by atoms with E-state index >= 15 is 0 Å². The van der Waals surface area contributed by atoms with Gasteiger partial charge in [0.2, 0.25) is 0 Å². The molecule has 1 aromatic heterocycles. The molecule has 4 rings (SSSR count). The lowest BCUT2D eigenvalue weighted by atomic mass is 10.1. The zero-order valence-corrected chi connectivity index (χ0v) is 16.0. The van der Waals surface area contributed by atoms with Gasteiger partial charge in [-0.05, 0) is 35.4 Å². The van der Waals surface area contributed by atoms with Crippen LogP contribution in [0.25, 0.3) is 0 Å². The van der Waals surface area contributed by atoms with Crippen LogP contribution < -0.4 is 10.1 Å². The van der Waals surface area contributed by atoms with Crippen molar-refractivity contribution in [3.05, 3.63) is 76.1 Å². The maximum absolute atomic E-state index is 12.5. The molecule has 1 atom stereocenters. The minimum atomic E-state index is -0.285. The number of ether oxygens (including phenoxy) is 2. The van der Waals surface area contributed by atoms with Gasteiger partial charge in [-0.25, -0.2) is 4.68 Å². The Labute approximate surface area is 167 Å². The molecule has 1 aliphatic heterocycles. The number of carbonyl (C=O) groups excluding carboxylic acids is 1. The number of carbonyl (C=O) groups is 1. The first-order valence-electron chi connectivity index (χ1n) is 8.84. The summed E-state index contributed by atoms with van der Waals surface area (Å²) in [7, 11) is 1.63. The second kappa shape index (κ2) is 8.00. The smallest absolute Gasteiger partial charge is 0.274 e. The molecule has 2 aromatic carbocycles. The summed E-state index contributed by atoms with van der Waals surface area (Å²) in [6.45, 7) is 1.13. The van der Waals surface area contributed by atoms with Crippen LogP contribution in [0.4, 0.5) is 0 Å². The van der Waals surface area contributed by atoms with Crippen molar-refractivity contribution >= 4 is 17.5 Å². The van der Waals surface area contributed by atoms with Gasteiger partial charge in [0.25, 0.3) is 5.91 Å². The van der Waals surface area contributed by atoms with E-state index in [0.717, 1.165) is 16.9 Å². The maximum Gasteiger partial charge on any atom is 0.274 e. The van der Waals surface area contributed by atoms with Crippen LogP contribution in [-0.2, 0) is 24.4 Å². The third kappa shape index (κ3) is 3.85. The fraction of sp³-hybridized carbons (Fsp3) is 0.250. The number of methoxy groups -OCH3 is 1. The molecular weight excluding hydrogens is 380 g/mol. The number of benzene rings is 2. The van der Waals surface area contributed by atoms with Crippen LogP contribution in [0, 0.1) is 0 Å². The molecule has 7 nitrogen and oxygen atoms in total. The standard InChI is InChI=1S/C20H19ClN4O3/c1-27-16-7-5-14(6-8-16)18-11-25-17(12-28-18)19(23-24-25)20(26)22-10-13-3-2-4-15(21)9-13/h2-9,18H,10-12H2,1H3,(H,22,26)/t18-/m0/s1. The summed E-state index contributed by atoms with van der Waals surface area (Å²) in [5, 5.41) is 11.7. The molecule has 8 heteroatoms. The number of rotatable bonds is 5. The molecule has 0 aliphatic carbocycles. The molecule has 144 valence electrons. The Kier molecular flexibility index (Phi) is 5.27. The number of halogens is 1. The van der Waals surface area contributed by atoms with E-state index in [0.29, 0.717) is 23.8 Å². The maximum atomic E-state index is 12.5. The van der Waals surface area contributed by atoms with Crippen molar-refractivity contribution in [3.8, 4) is 5.75 Å². The van der Waals surface area contributed by atoms with Gasteiger partial charge < -0.3 is 14.8 Å². The fourth-order valence-electron chi connectivity index (χ4n) is 3.12. The van der Waals surface area contributed by atoms with Crippen LogP contribution in [0.3, 0.4) is 0 Å². The van der Waals surface area contributed by atoms with Crippen molar-refractivity contribution < 1.29 is 14.3 Å². The van der Waals surface area contributed by atoms with Crippen LogP contribution in [0.2, 0.25) is 5.02 Å². The molecule has 3 aromatic rings. The predicted octanol–water partition coefficient (Wildman–Crippen LogP) is 3.14. The average Bonchev–Trinajstić information content (AvgIpc) is 3.15. The Morgan fingerprint density at radius 3 is 2.89 bits per heavy atom. The van der Waals surface area contributed by atoms with Gasteiger partial charge in [0.15, 0.2) is 5.69 Å². The molecule has 28 heavy (non-hydrogen) atoms. The Morgan fingerprint density at radius 2 is 2.14 bits per heavy atom. The highest BCUT2D eigenvalue weighted by Gasteiger charge is 2.27. The number of nitrogens with zero attached hydrogens (tertiary/aromatic N) is 3. The Balaban J connectivity index is 1.43. The molecule has 0 saturated heterocycles. The zero-order valence-electron chi connectivity index (χ0n) is 15.3. The van der Waals surface area contributed by atoms with E-state index in [1.165, 1.54) is 0 Å². The molecule has 2 heterocycles. The minimum absolute atomic E-state index is 0.150. The van der Waals surface area contributed by atoms with Crippen LogP contribution in [0.5, 0.6) is 5.75 Å². The van der Waals surface area contributed by atoms with Crippen molar-refractivity contribution in [2.45, 2.75) is 25.8 Å². The summed E-state index contributed by atoms with van der Waals surface area (Å²) >= 11 is 5.97. The summed E-state index contributed by atoms with van der Waals surface area (Å²) < 4.78 is 12.9. The zero-order chi connectivity index (χ0) is 19.5. The average molecular weight is 399 g/mol. The monoisotopic (exact) mass is 398 g/mol. The van der Waals surface area contributed by atoms with Gasteiger partial charge in [0.05, 0.1) is 26.0 Å². The predicted molar refractivity (Wildman–Crippen MR) is 103 cm³/mol. The van der Waals surface area contributed by atoms with Gasteiger partial charge in [-0.2, -0.15) is 0 Å². The summed E-state index contributed by atoms with van der Waals surface area (Å²) in [4.78, 5) is 12.5. The first-order valence-corrected chi connectivity index (χ1v) is 9.22. The second-order valence-electron chi connectivity index (χ2n) is 6.45. The number of hydrogen-bond donors (Lipinski definition) is 1. The fourth-order valence-corrected chi connectivity index (χ4v) is 3.33. The van der Waals surface area contributed by atoms with Crippen molar-refractivity contribution in [3.63, 3.8) is 0 Å². The van der Waals surface area contributed by atoms with Crippen LogP contribution in [0.15, 0.2) is 48.5 Å². The van der Waals surface area contributed by atoms with Gasteiger partial charge in [0.1, 0.15) is 11.9 Å².